The van der Waals surface area contributed by atoms with Gasteiger partial charge in [-0.15, -0.1) is 0 Å². The smallest absolute Gasteiger partial charge is 0.124 e. The van der Waals surface area contributed by atoms with Gasteiger partial charge in [0.15, 0.2) is 0 Å². The predicted molar refractivity (Wildman–Crippen MR) is 44.3 cm³/mol. The lowest BCUT2D eigenvalue weighted by Crippen LogP contribution is -2.44. The number of hydrogen-bond donors (Lipinski definition) is 2. The molecule has 0 bridgehead atoms. The first-order valence-electron chi connectivity index (χ1n) is 3.22. The fourth-order valence-corrected chi connectivity index (χ4v) is 1.70. The van der Waals surface area contributed by atoms with Crippen molar-refractivity contribution in [2.75, 3.05) is 6.54 Å². The standard InChI is InChI=1S/C6H8N4S/c7-6-4-3-9-11-5(4)1-2-10(6)8/h1,3H,2,7-8H2. The van der Waals surface area contributed by atoms with Crippen LogP contribution in [0.25, 0.3) is 11.9 Å². The first-order valence-corrected chi connectivity index (χ1v) is 3.99. The molecule has 0 aliphatic carbocycles. The normalized spacial score (nSPS) is 16.1. The topological polar surface area (TPSA) is 68.2 Å². The molecule has 58 valence electrons. The number of nitrogens with zero attached hydrogens (tertiary/aromatic N) is 2. The zero-order chi connectivity index (χ0) is 7.84. The summed E-state index contributed by atoms with van der Waals surface area (Å²) in [6.45, 7) is 0.668. The summed E-state index contributed by atoms with van der Waals surface area (Å²) in [6.07, 6.45) is 3.76. The van der Waals surface area contributed by atoms with E-state index in [0.29, 0.717) is 12.4 Å². The maximum absolute atomic E-state index is 5.70. The van der Waals surface area contributed by atoms with Gasteiger partial charge in [0, 0.05) is 0 Å². The Morgan fingerprint density at radius 3 is 3.27 bits per heavy atom. The number of fused-ring (bicyclic) bond motifs is 1. The molecule has 4 N–H and O–H groups in total. The molecule has 0 amide bonds. The molecule has 2 heterocycles. The molecule has 4 nitrogen and oxygen atoms in total. The quantitative estimate of drug-likeness (QED) is 0.446. The number of aromatic nitrogens is 1. The highest BCUT2D eigenvalue weighted by atomic mass is 32.1. The SMILES string of the molecule is NC1=c2cnsc2=CCN1N. The summed E-state index contributed by atoms with van der Waals surface area (Å²) in [5, 5.41) is 2.46. The van der Waals surface area contributed by atoms with E-state index in [0.717, 1.165) is 9.75 Å². The fraction of sp³-hybridized carbons (Fsp3) is 0.167. The van der Waals surface area contributed by atoms with Gasteiger partial charge in [0.05, 0.1) is 22.5 Å². The van der Waals surface area contributed by atoms with E-state index in [-0.39, 0.29) is 0 Å². The highest BCUT2D eigenvalue weighted by Crippen LogP contribution is 1.92. The molecule has 0 saturated heterocycles. The van der Waals surface area contributed by atoms with Crippen LogP contribution in [0.5, 0.6) is 0 Å². The van der Waals surface area contributed by atoms with Crippen molar-refractivity contribution in [2.45, 2.75) is 0 Å². The van der Waals surface area contributed by atoms with Gasteiger partial charge < -0.3 is 5.73 Å². The average Bonchev–Trinajstić information content (AvgIpc) is 2.45. The lowest BCUT2D eigenvalue weighted by atomic mass is 10.3. The second-order valence-corrected chi connectivity index (χ2v) is 3.18. The van der Waals surface area contributed by atoms with Crippen molar-refractivity contribution >= 4 is 23.4 Å². The summed E-state index contributed by atoms with van der Waals surface area (Å²) < 4.78 is 5.13. The van der Waals surface area contributed by atoms with Gasteiger partial charge in [-0.1, -0.05) is 0 Å². The minimum absolute atomic E-state index is 0.608. The van der Waals surface area contributed by atoms with E-state index < -0.39 is 0 Å². The summed E-state index contributed by atoms with van der Waals surface area (Å²) in [7, 11) is 0. The number of nitrogens with two attached hydrogens (primary N) is 2. The van der Waals surface area contributed by atoms with Crippen molar-refractivity contribution in [2.24, 2.45) is 11.6 Å². The zero-order valence-electron chi connectivity index (χ0n) is 5.82. The molecular weight excluding hydrogens is 160 g/mol. The van der Waals surface area contributed by atoms with Crippen LogP contribution in [0, 0.1) is 0 Å². The fourth-order valence-electron chi connectivity index (χ4n) is 1.02. The van der Waals surface area contributed by atoms with Crippen LogP contribution in [0.1, 0.15) is 0 Å². The van der Waals surface area contributed by atoms with E-state index in [1.807, 2.05) is 6.08 Å². The van der Waals surface area contributed by atoms with Crippen molar-refractivity contribution in [1.82, 2.24) is 9.38 Å². The van der Waals surface area contributed by atoms with Crippen LogP contribution in [0.4, 0.5) is 0 Å². The van der Waals surface area contributed by atoms with Gasteiger partial charge >= 0.3 is 0 Å². The molecule has 0 atom stereocenters. The summed E-state index contributed by atoms with van der Waals surface area (Å²) in [4.78, 5) is 0. The third-order valence-electron chi connectivity index (χ3n) is 1.66. The molecule has 1 aliphatic rings. The molecule has 2 rings (SSSR count). The molecule has 0 fully saturated rings. The van der Waals surface area contributed by atoms with Crippen molar-refractivity contribution < 1.29 is 0 Å². The molecule has 0 saturated carbocycles. The van der Waals surface area contributed by atoms with E-state index in [9.17, 15) is 0 Å². The van der Waals surface area contributed by atoms with Gasteiger partial charge in [0.25, 0.3) is 0 Å². The maximum atomic E-state index is 5.70. The van der Waals surface area contributed by atoms with Crippen LogP contribution in [-0.2, 0) is 0 Å². The van der Waals surface area contributed by atoms with Crippen LogP contribution in [-0.4, -0.2) is 15.9 Å². The van der Waals surface area contributed by atoms with Crippen molar-refractivity contribution in [3.05, 3.63) is 15.9 Å². The Labute approximate surface area is 67.6 Å². The number of rotatable bonds is 0. The Hall–Kier alpha value is -1.07. The predicted octanol–water partition coefficient (Wildman–Crippen LogP) is -1.86. The van der Waals surface area contributed by atoms with Gasteiger partial charge in [-0.3, -0.25) is 5.01 Å². The molecule has 0 radical (unpaired) electrons. The summed E-state index contributed by atoms with van der Waals surface area (Å²) in [6, 6.07) is 0. The van der Waals surface area contributed by atoms with Crippen molar-refractivity contribution in [3.8, 4) is 0 Å². The first kappa shape index (κ1) is 6.63. The molecule has 5 heteroatoms. The monoisotopic (exact) mass is 168 g/mol. The van der Waals surface area contributed by atoms with Gasteiger partial charge in [-0.05, 0) is 17.6 Å². The third kappa shape index (κ3) is 0.892. The highest BCUT2D eigenvalue weighted by Gasteiger charge is 2.06. The molecule has 1 aromatic heterocycles. The largest absolute Gasteiger partial charge is 0.384 e. The Balaban J connectivity index is 2.82. The second kappa shape index (κ2) is 2.21. The average molecular weight is 168 g/mol. The summed E-state index contributed by atoms with van der Waals surface area (Å²) >= 11 is 1.44. The van der Waals surface area contributed by atoms with Gasteiger partial charge in [0.1, 0.15) is 5.82 Å². The highest BCUT2D eigenvalue weighted by molar-refractivity contribution is 7.03. The zero-order valence-corrected chi connectivity index (χ0v) is 6.64. The minimum atomic E-state index is 0.608. The number of hydrazine groups is 1. The lowest BCUT2D eigenvalue weighted by Gasteiger charge is -2.18. The first-order chi connectivity index (χ1) is 5.29. The molecule has 0 aromatic carbocycles. The Kier molecular flexibility index (Phi) is 1.33. The van der Waals surface area contributed by atoms with Crippen molar-refractivity contribution in [3.63, 3.8) is 0 Å². The minimum Gasteiger partial charge on any atom is -0.384 e. The molecule has 11 heavy (non-hydrogen) atoms. The van der Waals surface area contributed by atoms with Crippen LogP contribution in [0.3, 0.4) is 0 Å². The Morgan fingerprint density at radius 2 is 2.45 bits per heavy atom. The Morgan fingerprint density at radius 1 is 1.64 bits per heavy atom. The lowest BCUT2D eigenvalue weighted by molar-refractivity contribution is 0.458. The maximum Gasteiger partial charge on any atom is 0.124 e. The molecule has 0 spiro atoms. The van der Waals surface area contributed by atoms with Crippen LogP contribution >= 0.6 is 11.5 Å². The van der Waals surface area contributed by atoms with E-state index in [1.54, 1.807) is 6.20 Å². The van der Waals surface area contributed by atoms with Gasteiger partial charge in [0.2, 0.25) is 0 Å². The van der Waals surface area contributed by atoms with Gasteiger partial charge in [-0.2, -0.15) is 4.37 Å². The van der Waals surface area contributed by atoms with Crippen LogP contribution in [0.2, 0.25) is 0 Å². The summed E-state index contributed by atoms with van der Waals surface area (Å²) in [5.74, 6) is 6.18. The molecule has 1 aromatic rings. The molecular formula is C6H8N4S. The van der Waals surface area contributed by atoms with E-state index in [4.69, 9.17) is 11.6 Å². The van der Waals surface area contributed by atoms with E-state index in [1.165, 1.54) is 16.5 Å². The van der Waals surface area contributed by atoms with Crippen LogP contribution < -0.4 is 21.3 Å². The number of hydrogen-bond acceptors (Lipinski definition) is 5. The van der Waals surface area contributed by atoms with Crippen LogP contribution in [0.15, 0.2) is 6.20 Å². The van der Waals surface area contributed by atoms with E-state index in [2.05, 4.69) is 4.37 Å². The van der Waals surface area contributed by atoms with Crippen molar-refractivity contribution in [1.29, 1.82) is 0 Å². The second-order valence-electron chi connectivity index (χ2n) is 2.35. The molecule has 1 aliphatic heterocycles. The van der Waals surface area contributed by atoms with Gasteiger partial charge in [-0.25, -0.2) is 5.84 Å². The Bertz CT molecular complexity index is 380. The summed E-state index contributed by atoms with van der Waals surface area (Å²) in [5.41, 5.74) is 5.70. The molecule has 0 unspecified atom stereocenters. The third-order valence-corrected chi connectivity index (χ3v) is 2.45. The van der Waals surface area contributed by atoms with E-state index >= 15 is 0 Å².